The van der Waals surface area contributed by atoms with E-state index in [2.05, 4.69) is 5.32 Å². The summed E-state index contributed by atoms with van der Waals surface area (Å²) in [5.41, 5.74) is -0.750. The van der Waals surface area contributed by atoms with E-state index in [0.717, 1.165) is 0 Å². The molecule has 3 nitrogen and oxygen atoms in total. The molecule has 1 aliphatic heterocycles. The van der Waals surface area contributed by atoms with Crippen LogP contribution in [0.25, 0.3) is 0 Å². The Morgan fingerprint density at radius 3 is 2.50 bits per heavy atom. The lowest BCUT2D eigenvalue weighted by molar-refractivity contribution is -0.145. The zero-order valence-electron chi connectivity index (χ0n) is 8.87. The van der Waals surface area contributed by atoms with Crippen LogP contribution < -0.4 is 5.32 Å². The van der Waals surface area contributed by atoms with Gasteiger partial charge in [-0.3, -0.25) is 4.79 Å². The lowest BCUT2D eigenvalue weighted by Gasteiger charge is -2.34. The van der Waals surface area contributed by atoms with E-state index in [0.29, 0.717) is 31.5 Å². The maximum Gasteiger partial charge on any atom is 0.314 e. The minimum atomic E-state index is -1.06. The van der Waals surface area contributed by atoms with E-state index < -0.39 is 17.2 Å². The molecule has 2 rings (SSSR count). The van der Waals surface area contributed by atoms with Crippen LogP contribution in [0.3, 0.4) is 0 Å². The first-order valence-corrected chi connectivity index (χ1v) is 5.36. The number of hydrogen-bond acceptors (Lipinski definition) is 2. The third-order valence-electron chi connectivity index (χ3n) is 3.26. The Balaban J connectivity index is 2.47. The predicted molar refractivity (Wildman–Crippen MR) is 57.8 cm³/mol. The zero-order chi connectivity index (χ0) is 11.6. The Labute approximate surface area is 93.3 Å². The average molecular weight is 223 g/mol. The molecule has 86 valence electrons. The molecule has 2 N–H and O–H groups in total. The Kier molecular flexibility index (Phi) is 2.92. The van der Waals surface area contributed by atoms with Crippen molar-refractivity contribution in [3.63, 3.8) is 0 Å². The SMILES string of the molecule is O=C(O)C1(c2ccccc2F)CCNCC1. The molecule has 16 heavy (non-hydrogen) atoms. The van der Waals surface area contributed by atoms with Crippen molar-refractivity contribution in [2.75, 3.05) is 13.1 Å². The minimum absolute atomic E-state index is 0.309. The lowest BCUT2D eigenvalue weighted by atomic mass is 9.73. The molecule has 0 aromatic heterocycles. The number of benzene rings is 1. The monoisotopic (exact) mass is 223 g/mol. The van der Waals surface area contributed by atoms with Crippen LogP contribution in [0.5, 0.6) is 0 Å². The van der Waals surface area contributed by atoms with Crippen molar-refractivity contribution >= 4 is 5.97 Å². The number of carboxylic acids is 1. The van der Waals surface area contributed by atoms with Crippen molar-refractivity contribution in [1.82, 2.24) is 5.32 Å². The van der Waals surface area contributed by atoms with Gasteiger partial charge >= 0.3 is 5.97 Å². The molecule has 1 fully saturated rings. The van der Waals surface area contributed by atoms with Crippen molar-refractivity contribution in [3.8, 4) is 0 Å². The van der Waals surface area contributed by atoms with Gasteiger partial charge in [0.1, 0.15) is 5.82 Å². The van der Waals surface area contributed by atoms with Gasteiger partial charge in [0.15, 0.2) is 0 Å². The Morgan fingerprint density at radius 1 is 1.31 bits per heavy atom. The maximum atomic E-state index is 13.7. The third-order valence-corrected chi connectivity index (χ3v) is 3.26. The predicted octanol–water partition coefficient (Wildman–Crippen LogP) is 1.53. The molecule has 0 saturated carbocycles. The molecule has 1 aromatic carbocycles. The zero-order valence-corrected chi connectivity index (χ0v) is 8.87. The van der Waals surface area contributed by atoms with Crippen molar-refractivity contribution in [1.29, 1.82) is 0 Å². The van der Waals surface area contributed by atoms with Crippen molar-refractivity contribution in [2.24, 2.45) is 0 Å². The van der Waals surface area contributed by atoms with Gasteiger partial charge < -0.3 is 10.4 Å². The summed E-state index contributed by atoms with van der Waals surface area (Å²) in [7, 11) is 0. The number of hydrogen-bond donors (Lipinski definition) is 2. The number of carboxylic acid groups (broad SMARTS) is 1. The molecule has 0 amide bonds. The second-order valence-corrected chi connectivity index (χ2v) is 4.12. The fourth-order valence-electron chi connectivity index (χ4n) is 2.30. The highest BCUT2D eigenvalue weighted by Crippen LogP contribution is 2.35. The van der Waals surface area contributed by atoms with Crippen LogP contribution >= 0.6 is 0 Å². The maximum absolute atomic E-state index is 13.7. The molecular weight excluding hydrogens is 209 g/mol. The van der Waals surface area contributed by atoms with Crippen molar-refractivity contribution in [3.05, 3.63) is 35.6 Å². The lowest BCUT2D eigenvalue weighted by Crippen LogP contribution is -2.46. The first-order valence-electron chi connectivity index (χ1n) is 5.36. The standard InChI is InChI=1S/C12H14FNO2/c13-10-4-2-1-3-9(10)12(11(15)16)5-7-14-8-6-12/h1-4,14H,5-8H2,(H,15,16). The van der Waals surface area contributed by atoms with Gasteiger partial charge in [-0.1, -0.05) is 18.2 Å². The highest BCUT2D eigenvalue weighted by atomic mass is 19.1. The van der Waals surface area contributed by atoms with Crippen LogP contribution in [0, 0.1) is 5.82 Å². The van der Waals surface area contributed by atoms with E-state index in [1.54, 1.807) is 18.2 Å². The van der Waals surface area contributed by atoms with Gasteiger partial charge in [-0.2, -0.15) is 0 Å². The van der Waals surface area contributed by atoms with Gasteiger partial charge in [0.2, 0.25) is 0 Å². The number of aliphatic carboxylic acids is 1. The molecule has 1 aromatic rings. The number of nitrogens with one attached hydrogen (secondary N) is 1. The summed E-state index contributed by atoms with van der Waals surface area (Å²) in [6.45, 7) is 1.22. The van der Waals surface area contributed by atoms with E-state index in [1.807, 2.05) is 0 Å². The van der Waals surface area contributed by atoms with Crippen LogP contribution in [0.15, 0.2) is 24.3 Å². The highest BCUT2D eigenvalue weighted by Gasteiger charge is 2.42. The van der Waals surface area contributed by atoms with Gasteiger partial charge in [0.25, 0.3) is 0 Å². The summed E-state index contributed by atoms with van der Waals surface area (Å²) >= 11 is 0. The Hall–Kier alpha value is -1.42. The highest BCUT2D eigenvalue weighted by molar-refractivity contribution is 5.81. The van der Waals surface area contributed by atoms with Crippen LogP contribution in [0.2, 0.25) is 0 Å². The normalized spacial score (nSPS) is 19.3. The summed E-state index contributed by atoms with van der Waals surface area (Å²) in [5.74, 6) is -1.36. The summed E-state index contributed by atoms with van der Waals surface area (Å²) in [6.07, 6.45) is 0.868. The summed E-state index contributed by atoms with van der Waals surface area (Å²) in [4.78, 5) is 11.4. The molecule has 0 bridgehead atoms. The third kappa shape index (κ3) is 1.69. The average Bonchev–Trinajstić information content (AvgIpc) is 2.30. The molecule has 0 unspecified atom stereocenters. The van der Waals surface area contributed by atoms with Gasteiger partial charge in [0.05, 0.1) is 5.41 Å². The van der Waals surface area contributed by atoms with Gasteiger partial charge in [-0.25, -0.2) is 4.39 Å². The van der Waals surface area contributed by atoms with Gasteiger partial charge in [-0.05, 0) is 32.0 Å². The molecule has 1 heterocycles. The second-order valence-electron chi connectivity index (χ2n) is 4.12. The molecular formula is C12H14FNO2. The van der Waals surface area contributed by atoms with E-state index in [-0.39, 0.29) is 0 Å². The van der Waals surface area contributed by atoms with Gasteiger partial charge in [-0.15, -0.1) is 0 Å². The number of carbonyl (C=O) groups is 1. The van der Waals surface area contributed by atoms with E-state index in [9.17, 15) is 14.3 Å². The molecule has 0 spiro atoms. The largest absolute Gasteiger partial charge is 0.481 e. The molecule has 1 saturated heterocycles. The topological polar surface area (TPSA) is 49.3 Å². The van der Waals surface area contributed by atoms with Gasteiger partial charge in [0, 0.05) is 5.56 Å². The smallest absolute Gasteiger partial charge is 0.314 e. The first-order chi connectivity index (χ1) is 7.67. The molecule has 0 atom stereocenters. The van der Waals surface area contributed by atoms with Crippen LogP contribution in [-0.4, -0.2) is 24.2 Å². The number of rotatable bonds is 2. The van der Waals surface area contributed by atoms with Crippen LogP contribution in [-0.2, 0) is 10.2 Å². The van der Waals surface area contributed by atoms with Crippen LogP contribution in [0.1, 0.15) is 18.4 Å². The fraction of sp³-hybridized carbons (Fsp3) is 0.417. The minimum Gasteiger partial charge on any atom is -0.481 e. The quantitative estimate of drug-likeness (QED) is 0.799. The summed E-state index contributed by atoms with van der Waals surface area (Å²) in [5, 5.41) is 12.5. The van der Waals surface area contributed by atoms with Crippen molar-refractivity contribution < 1.29 is 14.3 Å². The Bertz CT molecular complexity index is 400. The Morgan fingerprint density at radius 2 is 1.94 bits per heavy atom. The molecule has 1 aliphatic rings. The van der Waals surface area contributed by atoms with E-state index in [1.165, 1.54) is 6.07 Å². The number of piperidine rings is 1. The summed E-state index contributed by atoms with van der Waals surface area (Å²) in [6, 6.07) is 6.16. The number of halogens is 1. The fourth-order valence-corrected chi connectivity index (χ4v) is 2.30. The second kappa shape index (κ2) is 4.22. The molecule has 4 heteroatoms. The molecule has 0 radical (unpaired) electrons. The van der Waals surface area contributed by atoms with Crippen LogP contribution in [0.4, 0.5) is 4.39 Å². The first kappa shape index (κ1) is 11.1. The van der Waals surface area contributed by atoms with E-state index >= 15 is 0 Å². The summed E-state index contributed by atoms with van der Waals surface area (Å²) < 4.78 is 13.7. The molecule has 0 aliphatic carbocycles. The van der Waals surface area contributed by atoms with E-state index in [4.69, 9.17) is 0 Å². The van der Waals surface area contributed by atoms with Crippen molar-refractivity contribution in [2.45, 2.75) is 18.3 Å².